The van der Waals surface area contributed by atoms with Gasteiger partial charge in [-0.25, -0.2) is 4.79 Å². The highest BCUT2D eigenvalue weighted by Crippen LogP contribution is 2.16. The number of carbonyl (C=O) groups excluding carboxylic acids is 1. The van der Waals surface area contributed by atoms with E-state index in [1.807, 2.05) is 11.8 Å². The van der Waals surface area contributed by atoms with Crippen molar-refractivity contribution in [3.63, 3.8) is 0 Å². The Bertz CT molecular complexity index is 334. The molecular weight excluding hydrogens is 266 g/mol. The van der Waals surface area contributed by atoms with Crippen LogP contribution in [0.5, 0.6) is 0 Å². The van der Waals surface area contributed by atoms with Crippen molar-refractivity contribution in [3.8, 4) is 0 Å². The maximum atomic E-state index is 11.9. The van der Waals surface area contributed by atoms with Crippen LogP contribution in [0.2, 0.25) is 0 Å². The SMILES string of the molecule is O=C(O)C1CCN(C(=O)NCCN2CCSCC2)C1. The second-order valence-electron chi connectivity index (χ2n) is 4.96. The van der Waals surface area contributed by atoms with Crippen LogP contribution in [0.25, 0.3) is 0 Å². The van der Waals surface area contributed by atoms with Crippen LogP contribution in [-0.2, 0) is 4.79 Å². The summed E-state index contributed by atoms with van der Waals surface area (Å²) in [4.78, 5) is 26.6. The fourth-order valence-corrected chi connectivity index (χ4v) is 3.38. The van der Waals surface area contributed by atoms with Gasteiger partial charge in [-0.3, -0.25) is 9.69 Å². The summed E-state index contributed by atoms with van der Waals surface area (Å²) < 4.78 is 0. The summed E-state index contributed by atoms with van der Waals surface area (Å²) in [5.41, 5.74) is 0. The average molecular weight is 287 g/mol. The van der Waals surface area contributed by atoms with Crippen molar-refractivity contribution >= 4 is 23.8 Å². The van der Waals surface area contributed by atoms with Crippen LogP contribution in [-0.4, -0.2) is 77.7 Å². The highest BCUT2D eigenvalue weighted by atomic mass is 32.2. The van der Waals surface area contributed by atoms with Gasteiger partial charge in [0, 0.05) is 50.8 Å². The molecule has 2 aliphatic heterocycles. The molecule has 0 saturated carbocycles. The van der Waals surface area contributed by atoms with Crippen LogP contribution in [0.15, 0.2) is 0 Å². The van der Waals surface area contributed by atoms with Crippen molar-refractivity contribution in [1.82, 2.24) is 15.1 Å². The second-order valence-corrected chi connectivity index (χ2v) is 6.18. The monoisotopic (exact) mass is 287 g/mol. The number of carbonyl (C=O) groups is 2. The largest absolute Gasteiger partial charge is 0.481 e. The minimum absolute atomic E-state index is 0.130. The Hall–Kier alpha value is -0.950. The molecule has 6 nitrogen and oxygen atoms in total. The minimum atomic E-state index is -0.805. The molecule has 1 atom stereocenters. The van der Waals surface area contributed by atoms with Crippen LogP contribution >= 0.6 is 11.8 Å². The van der Waals surface area contributed by atoms with Gasteiger partial charge in [-0.2, -0.15) is 11.8 Å². The van der Waals surface area contributed by atoms with Gasteiger partial charge in [0.05, 0.1) is 5.92 Å². The summed E-state index contributed by atoms with van der Waals surface area (Å²) in [5, 5.41) is 11.8. The lowest BCUT2D eigenvalue weighted by Crippen LogP contribution is -2.43. The van der Waals surface area contributed by atoms with Gasteiger partial charge in [-0.1, -0.05) is 0 Å². The third kappa shape index (κ3) is 4.28. The van der Waals surface area contributed by atoms with E-state index in [2.05, 4.69) is 10.2 Å². The number of likely N-dealkylation sites (tertiary alicyclic amines) is 1. The smallest absolute Gasteiger partial charge is 0.317 e. The second kappa shape index (κ2) is 7.00. The lowest BCUT2D eigenvalue weighted by molar-refractivity contribution is -0.141. The van der Waals surface area contributed by atoms with E-state index in [9.17, 15) is 9.59 Å². The highest BCUT2D eigenvalue weighted by molar-refractivity contribution is 7.99. The number of urea groups is 1. The van der Waals surface area contributed by atoms with Crippen molar-refractivity contribution in [2.24, 2.45) is 5.92 Å². The van der Waals surface area contributed by atoms with Crippen LogP contribution < -0.4 is 5.32 Å². The molecule has 1 unspecified atom stereocenters. The molecule has 0 aromatic heterocycles. The van der Waals surface area contributed by atoms with E-state index in [0.29, 0.717) is 26.1 Å². The van der Waals surface area contributed by atoms with Crippen molar-refractivity contribution in [2.75, 3.05) is 50.8 Å². The molecule has 2 amide bonds. The van der Waals surface area contributed by atoms with Crippen molar-refractivity contribution < 1.29 is 14.7 Å². The van der Waals surface area contributed by atoms with Crippen LogP contribution in [0, 0.1) is 5.92 Å². The third-order valence-corrected chi connectivity index (χ3v) is 4.58. The average Bonchev–Trinajstić information content (AvgIpc) is 2.89. The van der Waals surface area contributed by atoms with Gasteiger partial charge in [0.15, 0.2) is 0 Å². The van der Waals surface area contributed by atoms with Gasteiger partial charge in [-0.15, -0.1) is 0 Å². The quantitative estimate of drug-likeness (QED) is 0.770. The number of carboxylic acids is 1. The Kier molecular flexibility index (Phi) is 5.33. The van der Waals surface area contributed by atoms with Gasteiger partial charge in [0.25, 0.3) is 0 Å². The lowest BCUT2D eigenvalue weighted by atomic mass is 10.1. The standard InChI is InChI=1S/C12H21N3O3S/c16-11(17)10-1-3-15(9-10)12(18)13-2-4-14-5-7-19-8-6-14/h10H,1-9H2,(H,13,18)(H,16,17). The van der Waals surface area contributed by atoms with Gasteiger partial charge < -0.3 is 15.3 Å². The zero-order valence-electron chi connectivity index (χ0n) is 11.0. The normalized spacial score (nSPS) is 24.4. The highest BCUT2D eigenvalue weighted by Gasteiger charge is 2.30. The first-order valence-electron chi connectivity index (χ1n) is 6.72. The molecule has 2 heterocycles. The third-order valence-electron chi connectivity index (χ3n) is 3.63. The predicted octanol–water partition coefficient (Wildman–Crippen LogP) is 0.151. The van der Waals surface area contributed by atoms with Crippen LogP contribution in [0.1, 0.15) is 6.42 Å². The molecule has 2 fully saturated rings. The van der Waals surface area contributed by atoms with Crippen molar-refractivity contribution in [2.45, 2.75) is 6.42 Å². The van der Waals surface area contributed by atoms with Gasteiger partial charge >= 0.3 is 12.0 Å². The molecule has 2 saturated heterocycles. The Morgan fingerprint density at radius 2 is 2.00 bits per heavy atom. The van der Waals surface area contributed by atoms with E-state index in [1.165, 1.54) is 11.5 Å². The van der Waals surface area contributed by atoms with Gasteiger partial charge in [0.1, 0.15) is 0 Å². The van der Waals surface area contributed by atoms with Crippen molar-refractivity contribution in [1.29, 1.82) is 0 Å². The van der Waals surface area contributed by atoms with E-state index in [1.54, 1.807) is 4.90 Å². The number of carboxylic acid groups (broad SMARTS) is 1. The molecule has 2 rings (SSSR count). The van der Waals surface area contributed by atoms with E-state index in [4.69, 9.17) is 5.11 Å². The molecule has 0 radical (unpaired) electrons. The van der Waals surface area contributed by atoms with Gasteiger partial charge in [0.2, 0.25) is 0 Å². The first kappa shape index (κ1) is 14.5. The Morgan fingerprint density at radius 3 is 2.63 bits per heavy atom. The summed E-state index contributed by atoms with van der Waals surface area (Å²) in [6.07, 6.45) is 0.562. The first-order chi connectivity index (χ1) is 9.16. The molecule has 0 spiro atoms. The summed E-state index contributed by atoms with van der Waals surface area (Å²) in [5.74, 6) is 1.13. The van der Waals surface area contributed by atoms with Gasteiger partial charge in [-0.05, 0) is 6.42 Å². The zero-order valence-corrected chi connectivity index (χ0v) is 11.8. The van der Waals surface area contributed by atoms with E-state index >= 15 is 0 Å². The molecule has 2 N–H and O–H groups in total. The molecule has 0 aliphatic carbocycles. The Labute approximate surface area is 117 Å². The number of nitrogens with zero attached hydrogens (tertiary/aromatic N) is 2. The zero-order chi connectivity index (χ0) is 13.7. The number of hydrogen-bond donors (Lipinski definition) is 2. The maximum Gasteiger partial charge on any atom is 0.317 e. The Morgan fingerprint density at radius 1 is 1.26 bits per heavy atom. The molecule has 2 aliphatic rings. The first-order valence-corrected chi connectivity index (χ1v) is 7.88. The molecule has 108 valence electrons. The summed E-state index contributed by atoms with van der Waals surface area (Å²) in [6, 6.07) is -0.130. The van der Waals surface area contributed by atoms with E-state index in [-0.39, 0.29) is 6.03 Å². The molecular formula is C12H21N3O3S. The summed E-state index contributed by atoms with van der Waals surface area (Å²) >= 11 is 1.97. The van der Waals surface area contributed by atoms with Crippen LogP contribution in [0.3, 0.4) is 0 Å². The minimum Gasteiger partial charge on any atom is -0.481 e. The molecule has 0 aromatic rings. The number of aliphatic carboxylic acids is 1. The fraction of sp³-hybridized carbons (Fsp3) is 0.833. The lowest BCUT2D eigenvalue weighted by Gasteiger charge is -2.26. The van der Waals surface area contributed by atoms with E-state index < -0.39 is 11.9 Å². The fourth-order valence-electron chi connectivity index (χ4n) is 2.40. The number of hydrogen-bond acceptors (Lipinski definition) is 4. The molecule has 0 bridgehead atoms. The number of rotatable bonds is 4. The summed E-state index contributed by atoms with van der Waals surface area (Å²) in [7, 11) is 0. The maximum absolute atomic E-state index is 11.9. The number of thioether (sulfide) groups is 1. The number of amides is 2. The Balaban J connectivity index is 1.63. The molecule has 19 heavy (non-hydrogen) atoms. The summed E-state index contributed by atoms with van der Waals surface area (Å²) in [6.45, 7) is 4.57. The molecule has 7 heteroatoms. The number of nitrogens with one attached hydrogen (secondary N) is 1. The topological polar surface area (TPSA) is 72.9 Å². The van der Waals surface area contributed by atoms with Crippen molar-refractivity contribution in [3.05, 3.63) is 0 Å². The van der Waals surface area contributed by atoms with E-state index in [0.717, 1.165) is 19.6 Å². The molecule has 0 aromatic carbocycles. The predicted molar refractivity (Wildman–Crippen MR) is 74.5 cm³/mol. The van der Waals surface area contributed by atoms with Crippen LogP contribution in [0.4, 0.5) is 4.79 Å².